The quantitative estimate of drug-likeness (QED) is 0.840. The first-order valence-electron chi connectivity index (χ1n) is 10.1. The standard InChI is InChI=1S/C23H27N3O2/c27-21(24-20-11-12-20)17-25-13-15-26(16-14-25)23(28)22(18-7-3-1-4-8-18)19-9-5-2-6-10-19/h1-10,20,22H,11-17H2,(H,24,27). The number of benzene rings is 2. The summed E-state index contributed by atoms with van der Waals surface area (Å²) in [5, 5.41) is 3.04. The van der Waals surface area contributed by atoms with E-state index in [1.165, 1.54) is 0 Å². The molecule has 2 aromatic carbocycles. The molecule has 0 radical (unpaired) electrons. The minimum Gasteiger partial charge on any atom is -0.352 e. The van der Waals surface area contributed by atoms with E-state index in [4.69, 9.17) is 0 Å². The van der Waals surface area contributed by atoms with E-state index in [1.54, 1.807) is 0 Å². The fraction of sp³-hybridized carbons (Fsp3) is 0.391. The molecule has 28 heavy (non-hydrogen) atoms. The molecule has 1 saturated heterocycles. The van der Waals surface area contributed by atoms with Crippen molar-refractivity contribution >= 4 is 11.8 Å². The molecule has 0 bridgehead atoms. The van der Waals surface area contributed by atoms with Crippen LogP contribution in [0.2, 0.25) is 0 Å². The average Bonchev–Trinajstić information content (AvgIpc) is 3.54. The molecule has 0 atom stereocenters. The summed E-state index contributed by atoms with van der Waals surface area (Å²) in [4.78, 5) is 29.5. The van der Waals surface area contributed by atoms with Crippen LogP contribution in [0.1, 0.15) is 29.9 Å². The lowest BCUT2D eigenvalue weighted by Crippen LogP contribution is -2.52. The minimum atomic E-state index is -0.285. The van der Waals surface area contributed by atoms with Crippen LogP contribution in [0.3, 0.4) is 0 Å². The fourth-order valence-electron chi connectivity index (χ4n) is 3.78. The van der Waals surface area contributed by atoms with Gasteiger partial charge in [0.15, 0.2) is 0 Å². The lowest BCUT2D eigenvalue weighted by Gasteiger charge is -2.36. The van der Waals surface area contributed by atoms with Crippen LogP contribution in [0.5, 0.6) is 0 Å². The Hall–Kier alpha value is -2.66. The molecule has 0 aromatic heterocycles. The molecule has 5 nitrogen and oxygen atoms in total. The second-order valence-electron chi connectivity index (χ2n) is 7.70. The van der Waals surface area contributed by atoms with Crippen LogP contribution >= 0.6 is 0 Å². The maximum absolute atomic E-state index is 13.4. The van der Waals surface area contributed by atoms with E-state index in [1.807, 2.05) is 65.6 Å². The van der Waals surface area contributed by atoms with E-state index in [2.05, 4.69) is 10.2 Å². The Bertz CT molecular complexity index is 758. The molecule has 1 heterocycles. The zero-order valence-electron chi connectivity index (χ0n) is 16.1. The summed E-state index contributed by atoms with van der Waals surface area (Å²) in [5.74, 6) is -0.0414. The van der Waals surface area contributed by atoms with E-state index in [0.717, 1.165) is 37.1 Å². The summed E-state index contributed by atoms with van der Waals surface area (Å²) in [6.45, 7) is 3.22. The second-order valence-corrected chi connectivity index (χ2v) is 7.70. The van der Waals surface area contributed by atoms with Crippen LogP contribution in [-0.4, -0.2) is 60.4 Å². The topological polar surface area (TPSA) is 52.7 Å². The summed E-state index contributed by atoms with van der Waals surface area (Å²) in [6, 6.07) is 20.4. The van der Waals surface area contributed by atoms with Gasteiger partial charge in [0.1, 0.15) is 0 Å². The van der Waals surface area contributed by atoms with E-state index in [-0.39, 0.29) is 17.7 Å². The minimum absolute atomic E-state index is 0.105. The lowest BCUT2D eigenvalue weighted by atomic mass is 9.90. The number of piperazine rings is 1. The number of nitrogens with one attached hydrogen (secondary N) is 1. The highest BCUT2D eigenvalue weighted by Gasteiger charge is 2.30. The molecular formula is C23H27N3O2. The van der Waals surface area contributed by atoms with E-state index < -0.39 is 0 Å². The normalized spacial score (nSPS) is 17.5. The number of hydrogen-bond donors (Lipinski definition) is 1. The highest BCUT2D eigenvalue weighted by Crippen LogP contribution is 2.27. The Labute approximate surface area is 166 Å². The van der Waals surface area contributed by atoms with Crippen molar-refractivity contribution in [2.45, 2.75) is 24.8 Å². The lowest BCUT2D eigenvalue weighted by molar-refractivity contribution is -0.133. The van der Waals surface area contributed by atoms with Crippen molar-refractivity contribution in [3.05, 3.63) is 71.8 Å². The molecule has 5 heteroatoms. The van der Waals surface area contributed by atoms with Crippen molar-refractivity contribution in [1.29, 1.82) is 0 Å². The smallest absolute Gasteiger partial charge is 0.234 e. The predicted molar refractivity (Wildman–Crippen MR) is 109 cm³/mol. The number of rotatable bonds is 6. The van der Waals surface area contributed by atoms with Crippen molar-refractivity contribution in [1.82, 2.24) is 15.1 Å². The third-order valence-corrected chi connectivity index (χ3v) is 5.51. The zero-order valence-corrected chi connectivity index (χ0v) is 16.1. The molecule has 1 N–H and O–H groups in total. The molecule has 1 aliphatic carbocycles. The van der Waals surface area contributed by atoms with E-state index in [0.29, 0.717) is 25.7 Å². The molecule has 0 spiro atoms. The first kappa shape index (κ1) is 18.7. The molecule has 2 fully saturated rings. The highest BCUT2D eigenvalue weighted by molar-refractivity contribution is 5.87. The average molecular weight is 377 g/mol. The van der Waals surface area contributed by atoms with Gasteiger partial charge in [0, 0.05) is 32.2 Å². The zero-order chi connectivity index (χ0) is 19.3. The van der Waals surface area contributed by atoms with Gasteiger partial charge in [0.2, 0.25) is 11.8 Å². The number of nitrogens with zero attached hydrogens (tertiary/aromatic N) is 2. The largest absolute Gasteiger partial charge is 0.352 e. The van der Waals surface area contributed by atoms with Gasteiger partial charge in [-0.2, -0.15) is 0 Å². The van der Waals surface area contributed by atoms with Crippen molar-refractivity contribution in [3.8, 4) is 0 Å². The molecule has 0 unspecified atom stereocenters. The molecule has 1 saturated carbocycles. The maximum atomic E-state index is 13.4. The predicted octanol–water partition coefficient (Wildman–Crippen LogP) is 2.24. The van der Waals surface area contributed by atoms with Gasteiger partial charge in [-0.1, -0.05) is 60.7 Å². The summed E-state index contributed by atoms with van der Waals surface area (Å²) in [7, 11) is 0. The van der Waals surface area contributed by atoms with Crippen LogP contribution in [0.25, 0.3) is 0 Å². The molecule has 4 rings (SSSR count). The van der Waals surface area contributed by atoms with Gasteiger partial charge in [-0.25, -0.2) is 0 Å². The van der Waals surface area contributed by atoms with Crippen LogP contribution in [0, 0.1) is 0 Å². The van der Waals surface area contributed by atoms with Crippen molar-refractivity contribution < 1.29 is 9.59 Å². The number of carbonyl (C=O) groups is 2. The highest BCUT2D eigenvalue weighted by atomic mass is 16.2. The van der Waals surface area contributed by atoms with Crippen molar-refractivity contribution in [2.24, 2.45) is 0 Å². The molecule has 2 amide bonds. The first-order chi connectivity index (χ1) is 13.7. The van der Waals surface area contributed by atoms with Crippen LogP contribution < -0.4 is 5.32 Å². The van der Waals surface area contributed by atoms with Gasteiger partial charge in [0.25, 0.3) is 0 Å². The van der Waals surface area contributed by atoms with Crippen molar-refractivity contribution in [2.75, 3.05) is 32.7 Å². The van der Waals surface area contributed by atoms with E-state index in [9.17, 15) is 9.59 Å². The Morgan fingerprint density at radius 3 is 1.89 bits per heavy atom. The summed E-state index contributed by atoms with van der Waals surface area (Å²) >= 11 is 0. The second kappa shape index (κ2) is 8.57. The number of amides is 2. The van der Waals surface area contributed by atoms with Crippen LogP contribution in [-0.2, 0) is 9.59 Å². The molecule has 146 valence electrons. The first-order valence-corrected chi connectivity index (χ1v) is 10.1. The summed E-state index contributed by atoms with van der Waals surface area (Å²) < 4.78 is 0. The molecular weight excluding hydrogens is 350 g/mol. The number of carbonyl (C=O) groups excluding carboxylic acids is 2. The summed E-state index contributed by atoms with van der Waals surface area (Å²) in [5.41, 5.74) is 2.04. The SMILES string of the molecule is O=C(CN1CCN(C(=O)C(c2ccccc2)c2ccccc2)CC1)NC1CC1. The van der Waals surface area contributed by atoms with Gasteiger partial charge in [-0.3, -0.25) is 14.5 Å². The summed E-state index contributed by atoms with van der Waals surface area (Å²) in [6.07, 6.45) is 2.21. The molecule has 2 aliphatic rings. The Morgan fingerprint density at radius 1 is 0.857 bits per heavy atom. The van der Waals surface area contributed by atoms with Gasteiger partial charge in [-0.05, 0) is 24.0 Å². The van der Waals surface area contributed by atoms with E-state index >= 15 is 0 Å². The Kier molecular flexibility index (Phi) is 5.72. The third kappa shape index (κ3) is 4.60. The van der Waals surface area contributed by atoms with Gasteiger partial charge in [-0.15, -0.1) is 0 Å². The number of hydrogen-bond acceptors (Lipinski definition) is 3. The third-order valence-electron chi connectivity index (χ3n) is 5.51. The van der Waals surface area contributed by atoms with Crippen molar-refractivity contribution in [3.63, 3.8) is 0 Å². The Balaban J connectivity index is 1.41. The molecule has 1 aliphatic heterocycles. The Morgan fingerprint density at radius 2 is 1.39 bits per heavy atom. The monoisotopic (exact) mass is 377 g/mol. The fourth-order valence-corrected chi connectivity index (χ4v) is 3.78. The van der Waals surface area contributed by atoms with Crippen LogP contribution in [0.4, 0.5) is 0 Å². The van der Waals surface area contributed by atoms with Gasteiger partial charge >= 0.3 is 0 Å². The van der Waals surface area contributed by atoms with Crippen LogP contribution in [0.15, 0.2) is 60.7 Å². The van der Waals surface area contributed by atoms with Gasteiger partial charge < -0.3 is 10.2 Å². The maximum Gasteiger partial charge on any atom is 0.234 e. The molecule has 2 aromatic rings. The van der Waals surface area contributed by atoms with Gasteiger partial charge in [0.05, 0.1) is 12.5 Å².